The van der Waals surface area contributed by atoms with Gasteiger partial charge in [-0.3, -0.25) is 4.79 Å². The Morgan fingerprint density at radius 3 is 2.22 bits per heavy atom. The van der Waals surface area contributed by atoms with E-state index in [-0.39, 0.29) is 0 Å². The van der Waals surface area contributed by atoms with Gasteiger partial charge in [-0.2, -0.15) is 13.2 Å². The SMILES string of the molecule is CC(Oc1ccccc1C(F)(F)F)C(=O)N(C)C(C)(C)C(=O)O. The lowest BCUT2D eigenvalue weighted by Crippen LogP contribution is -2.54. The molecule has 0 bridgehead atoms. The molecule has 0 saturated carbocycles. The first-order valence-electron chi connectivity index (χ1n) is 6.73. The summed E-state index contributed by atoms with van der Waals surface area (Å²) in [6, 6.07) is 4.51. The van der Waals surface area contributed by atoms with Crippen LogP contribution in [0.25, 0.3) is 0 Å². The summed E-state index contributed by atoms with van der Waals surface area (Å²) in [6.45, 7) is 3.89. The van der Waals surface area contributed by atoms with E-state index in [4.69, 9.17) is 9.84 Å². The molecule has 0 aliphatic heterocycles. The van der Waals surface area contributed by atoms with Crippen molar-refractivity contribution in [3.63, 3.8) is 0 Å². The van der Waals surface area contributed by atoms with Gasteiger partial charge in [-0.05, 0) is 32.9 Å². The second-order valence-corrected chi connectivity index (χ2v) is 5.52. The number of carbonyl (C=O) groups is 2. The molecule has 128 valence electrons. The van der Waals surface area contributed by atoms with Crippen LogP contribution in [0.4, 0.5) is 13.2 Å². The molecule has 1 rings (SSSR count). The normalized spacial score (nSPS) is 13.3. The molecule has 0 spiro atoms. The third-order valence-corrected chi connectivity index (χ3v) is 3.54. The van der Waals surface area contributed by atoms with E-state index >= 15 is 0 Å². The molecule has 1 atom stereocenters. The topological polar surface area (TPSA) is 66.8 Å². The highest BCUT2D eigenvalue weighted by molar-refractivity contribution is 5.88. The predicted molar refractivity (Wildman–Crippen MR) is 76.0 cm³/mol. The minimum Gasteiger partial charge on any atom is -0.480 e. The zero-order chi connectivity index (χ0) is 18.0. The number of alkyl halides is 3. The van der Waals surface area contributed by atoms with Crippen molar-refractivity contribution in [2.75, 3.05) is 7.05 Å². The van der Waals surface area contributed by atoms with Crippen LogP contribution >= 0.6 is 0 Å². The number of para-hydroxylation sites is 1. The largest absolute Gasteiger partial charge is 0.480 e. The lowest BCUT2D eigenvalue weighted by atomic mass is 10.0. The van der Waals surface area contributed by atoms with E-state index in [1.54, 1.807) is 0 Å². The van der Waals surface area contributed by atoms with Crippen molar-refractivity contribution in [1.82, 2.24) is 4.90 Å². The van der Waals surface area contributed by atoms with Gasteiger partial charge in [-0.15, -0.1) is 0 Å². The van der Waals surface area contributed by atoms with Crippen molar-refractivity contribution in [2.45, 2.75) is 38.6 Å². The van der Waals surface area contributed by atoms with Gasteiger partial charge in [0.25, 0.3) is 5.91 Å². The Bertz CT molecular complexity index is 599. The fraction of sp³-hybridized carbons (Fsp3) is 0.467. The minimum absolute atomic E-state index is 0.484. The zero-order valence-corrected chi connectivity index (χ0v) is 13.1. The molecule has 0 heterocycles. The minimum atomic E-state index is -4.62. The Hall–Kier alpha value is -2.25. The summed E-state index contributed by atoms with van der Waals surface area (Å²) in [6.07, 6.45) is -5.90. The predicted octanol–water partition coefficient (Wildman–Crippen LogP) is 2.79. The number of nitrogens with zero attached hydrogens (tertiary/aromatic N) is 1. The molecular weight excluding hydrogens is 315 g/mol. The van der Waals surface area contributed by atoms with Gasteiger partial charge in [0.05, 0.1) is 5.56 Å². The van der Waals surface area contributed by atoms with Crippen molar-refractivity contribution >= 4 is 11.9 Å². The summed E-state index contributed by atoms with van der Waals surface area (Å²) in [5.74, 6) is -2.46. The van der Waals surface area contributed by atoms with E-state index in [1.165, 1.54) is 40.0 Å². The van der Waals surface area contributed by atoms with Crippen molar-refractivity contribution in [3.8, 4) is 5.75 Å². The number of halogens is 3. The molecule has 0 fully saturated rings. The number of aliphatic carboxylic acids is 1. The second kappa shape index (κ2) is 6.47. The highest BCUT2D eigenvalue weighted by Gasteiger charge is 2.39. The van der Waals surface area contributed by atoms with Gasteiger partial charge in [-0.25, -0.2) is 4.79 Å². The van der Waals surface area contributed by atoms with Gasteiger partial charge in [0.15, 0.2) is 6.10 Å². The van der Waals surface area contributed by atoms with E-state index in [9.17, 15) is 22.8 Å². The summed E-state index contributed by atoms with van der Waals surface area (Å²) >= 11 is 0. The highest BCUT2D eigenvalue weighted by atomic mass is 19.4. The lowest BCUT2D eigenvalue weighted by molar-refractivity contribution is -0.158. The van der Waals surface area contributed by atoms with E-state index in [1.807, 2.05) is 0 Å². The first-order chi connectivity index (χ1) is 10.4. The summed E-state index contributed by atoms with van der Waals surface area (Å²) in [4.78, 5) is 24.3. The number of amides is 1. The summed E-state index contributed by atoms with van der Waals surface area (Å²) < 4.78 is 43.8. The van der Waals surface area contributed by atoms with Crippen LogP contribution in [-0.4, -0.2) is 40.6 Å². The average Bonchev–Trinajstić information content (AvgIpc) is 2.44. The van der Waals surface area contributed by atoms with E-state index in [0.717, 1.165) is 17.0 Å². The van der Waals surface area contributed by atoms with Gasteiger partial charge in [-0.1, -0.05) is 12.1 Å². The smallest absolute Gasteiger partial charge is 0.419 e. The standard InChI is InChI=1S/C15H18F3NO4/c1-9(12(20)19(4)14(2,3)13(21)22)23-11-8-6-5-7-10(11)15(16,17)18/h5-9H,1-4H3,(H,21,22). The van der Waals surface area contributed by atoms with Crippen LogP contribution in [0, 0.1) is 0 Å². The Balaban J connectivity index is 2.99. The quantitative estimate of drug-likeness (QED) is 0.900. The Morgan fingerprint density at radius 2 is 1.74 bits per heavy atom. The first kappa shape index (κ1) is 18.8. The van der Waals surface area contributed by atoms with Crippen LogP contribution < -0.4 is 4.74 Å². The average molecular weight is 333 g/mol. The van der Waals surface area contributed by atoms with E-state index < -0.39 is 41.0 Å². The van der Waals surface area contributed by atoms with Crippen LogP contribution in [0.3, 0.4) is 0 Å². The fourth-order valence-corrected chi connectivity index (χ4v) is 1.74. The van der Waals surface area contributed by atoms with Crippen molar-refractivity contribution in [2.24, 2.45) is 0 Å². The van der Waals surface area contributed by atoms with Crippen LogP contribution in [0.1, 0.15) is 26.3 Å². The summed E-state index contributed by atoms with van der Waals surface area (Å²) in [5.41, 5.74) is -2.52. The molecule has 0 aliphatic rings. The number of rotatable bonds is 5. The number of carboxylic acid groups (broad SMARTS) is 1. The highest BCUT2D eigenvalue weighted by Crippen LogP contribution is 2.36. The number of hydrogen-bond acceptors (Lipinski definition) is 3. The maximum atomic E-state index is 12.9. The maximum Gasteiger partial charge on any atom is 0.419 e. The van der Waals surface area contributed by atoms with E-state index in [0.29, 0.717) is 0 Å². The van der Waals surface area contributed by atoms with Crippen LogP contribution in [0.5, 0.6) is 5.75 Å². The molecule has 8 heteroatoms. The summed E-state index contributed by atoms with van der Waals surface area (Å²) in [5, 5.41) is 9.10. The molecule has 23 heavy (non-hydrogen) atoms. The van der Waals surface area contributed by atoms with Crippen molar-refractivity contribution in [1.29, 1.82) is 0 Å². The number of ether oxygens (including phenoxy) is 1. The second-order valence-electron chi connectivity index (χ2n) is 5.52. The van der Waals surface area contributed by atoms with Crippen LogP contribution in [-0.2, 0) is 15.8 Å². The number of hydrogen-bond donors (Lipinski definition) is 1. The maximum absolute atomic E-state index is 12.9. The van der Waals surface area contributed by atoms with Gasteiger partial charge in [0.1, 0.15) is 11.3 Å². The molecule has 1 amide bonds. The third kappa shape index (κ3) is 4.14. The number of carboxylic acids is 1. The third-order valence-electron chi connectivity index (χ3n) is 3.54. The number of benzene rings is 1. The number of likely N-dealkylation sites (N-methyl/N-ethyl adjacent to an activating group) is 1. The first-order valence-corrected chi connectivity index (χ1v) is 6.73. The molecule has 1 unspecified atom stereocenters. The summed E-state index contributed by atoms with van der Waals surface area (Å²) in [7, 11) is 1.26. The zero-order valence-electron chi connectivity index (χ0n) is 13.1. The molecule has 0 aliphatic carbocycles. The van der Waals surface area contributed by atoms with Gasteiger partial charge in [0, 0.05) is 7.05 Å². The van der Waals surface area contributed by atoms with Gasteiger partial charge < -0.3 is 14.7 Å². The molecular formula is C15H18F3NO4. The molecule has 1 N–H and O–H groups in total. The molecule has 0 saturated heterocycles. The molecule has 0 aromatic heterocycles. The van der Waals surface area contributed by atoms with Crippen LogP contribution in [0.2, 0.25) is 0 Å². The Labute approximate surface area is 131 Å². The van der Waals surface area contributed by atoms with Gasteiger partial charge >= 0.3 is 12.1 Å². The monoisotopic (exact) mass is 333 g/mol. The molecule has 5 nitrogen and oxygen atoms in total. The number of carbonyl (C=O) groups excluding carboxylic acids is 1. The fourth-order valence-electron chi connectivity index (χ4n) is 1.74. The van der Waals surface area contributed by atoms with Crippen molar-refractivity contribution < 1.29 is 32.6 Å². The van der Waals surface area contributed by atoms with Crippen molar-refractivity contribution in [3.05, 3.63) is 29.8 Å². The molecule has 1 aromatic rings. The Kier molecular flexibility index (Phi) is 5.29. The molecule has 1 aromatic carbocycles. The van der Waals surface area contributed by atoms with Crippen LogP contribution in [0.15, 0.2) is 24.3 Å². The lowest BCUT2D eigenvalue weighted by Gasteiger charge is -2.33. The Morgan fingerprint density at radius 1 is 1.22 bits per heavy atom. The molecule has 0 radical (unpaired) electrons. The van der Waals surface area contributed by atoms with E-state index in [2.05, 4.69) is 0 Å². The van der Waals surface area contributed by atoms with Gasteiger partial charge in [0.2, 0.25) is 0 Å².